The molecular weight excluding hydrogens is 303 g/mol. The number of fused-ring (bicyclic) bond motifs is 3. The van der Waals surface area contributed by atoms with Gasteiger partial charge in [0, 0.05) is 29.1 Å². The first-order chi connectivity index (χ1) is 11.6. The van der Waals surface area contributed by atoms with Gasteiger partial charge in [-0.15, -0.1) is 0 Å². The molecule has 1 atom stereocenters. The van der Waals surface area contributed by atoms with Gasteiger partial charge in [0.15, 0.2) is 0 Å². The lowest BCUT2D eigenvalue weighted by molar-refractivity contribution is 0.0929. The highest BCUT2D eigenvalue weighted by Crippen LogP contribution is 2.30. The minimum Gasteiger partial charge on any atom is -0.358 e. The fourth-order valence-corrected chi connectivity index (χ4v) is 3.58. The Balaban J connectivity index is 1.55. The van der Waals surface area contributed by atoms with E-state index in [1.165, 1.54) is 34.3 Å². The number of halogens is 1. The van der Waals surface area contributed by atoms with E-state index in [0.29, 0.717) is 0 Å². The molecular formula is C20H19FN2O. The highest BCUT2D eigenvalue weighted by atomic mass is 19.1. The molecule has 0 radical (unpaired) electrons. The van der Waals surface area contributed by atoms with Crippen LogP contribution in [0.3, 0.4) is 0 Å². The Bertz CT molecular complexity index is 929. The summed E-state index contributed by atoms with van der Waals surface area (Å²) < 4.78 is 13.7. The number of aryl methyl sites for hydroxylation is 2. The highest BCUT2D eigenvalue weighted by molar-refractivity contribution is 5.94. The van der Waals surface area contributed by atoms with Crippen LogP contribution in [0.2, 0.25) is 0 Å². The SMILES string of the molecule is Cc1ccc2[nH]c3c(c2c1)CCC(NC(=O)c1ccccc1F)C3. The van der Waals surface area contributed by atoms with Crippen LogP contribution in [0, 0.1) is 12.7 Å². The quantitative estimate of drug-likeness (QED) is 0.738. The molecule has 1 aliphatic carbocycles. The van der Waals surface area contributed by atoms with E-state index in [4.69, 9.17) is 0 Å². The van der Waals surface area contributed by atoms with E-state index in [1.807, 2.05) is 0 Å². The molecule has 2 N–H and O–H groups in total. The Kier molecular flexibility index (Phi) is 3.60. The zero-order valence-corrected chi connectivity index (χ0v) is 13.5. The maximum atomic E-state index is 13.7. The minimum atomic E-state index is -0.479. The van der Waals surface area contributed by atoms with E-state index < -0.39 is 5.82 Å². The molecule has 122 valence electrons. The summed E-state index contributed by atoms with van der Waals surface area (Å²) in [5, 5.41) is 4.26. The Morgan fingerprint density at radius 3 is 2.92 bits per heavy atom. The molecule has 0 saturated carbocycles. The fraction of sp³-hybridized carbons (Fsp3) is 0.250. The number of hydrogen-bond donors (Lipinski definition) is 2. The first-order valence-corrected chi connectivity index (χ1v) is 8.27. The third kappa shape index (κ3) is 2.58. The molecule has 4 rings (SSSR count). The van der Waals surface area contributed by atoms with Crippen molar-refractivity contribution in [1.82, 2.24) is 10.3 Å². The van der Waals surface area contributed by atoms with Gasteiger partial charge in [0.25, 0.3) is 5.91 Å². The van der Waals surface area contributed by atoms with Crippen molar-refractivity contribution in [2.75, 3.05) is 0 Å². The maximum Gasteiger partial charge on any atom is 0.254 e. The number of amides is 1. The summed E-state index contributed by atoms with van der Waals surface area (Å²) in [6.45, 7) is 2.10. The number of nitrogens with one attached hydrogen (secondary N) is 2. The maximum absolute atomic E-state index is 13.7. The average molecular weight is 322 g/mol. The van der Waals surface area contributed by atoms with Crippen LogP contribution in [-0.2, 0) is 12.8 Å². The van der Waals surface area contributed by atoms with Gasteiger partial charge < -0.3 is 10.3 Å². The summed E-state index contributed by atoms with van der Waals surface area (Å²) in [5.41, 5.74) is 5.03. The molecule has 3 nitrogen and oxygen atoms in total. The zero-order valence-electron chi connectivity index (χ0n) is 13.5. The van der Waals surface area contributed by atoms with Crippen LogP contribution in [0.1, 0.15) is 33.6 Å². The van der Waals surface area contributed by atoms with E-state index in [2.05, 4.69) is 35.4 Å². The number of rotatable bonds is 2. The second kappa shape index (κ2) is 5.78. The largest absolute Gasteiger partial charge is 0.358 e. The van der Waals surface area contributed by atoms with E-state index in [0.717, 1.165) is 24.8 Å². The molecule has 0 spiro atoms. The molecule has 4 heteroatoms. The van der Waals surface area contributed by atoms with Crippen LogP contribution in [0.25, 0.3) is 10.9 Å². The standard InChI is InChI=1S/C20H19FN2O/c1-12-6-9-18-16(10-12)14-8-7-13(11-19(14)23-18)22-20(24)15-4-2-3-5-17(15)21/h2-6,9-10,13,23H,7-8,11H2,1H3,(H,22,24). The molecule has 1 unspecified atom stereocenters. The molecule has 1 aliphatic rings. The van der Waals surface area contributed by atoms with Gasteiger partial charge in [-0.3, -0.25) is 4.79 Å². The predicted octanol–water partition coefficient (Wildman–Crippen LogP) is 3.90. The monoisotopic (exact) mass is 322 g/mol. The summed E-state index contributed by atoms with van der Waals surface area (Å²) in [7, 11) is 0. The number of benzene rings is 2. The third-order valence-electron chi connectivity index (χ3n) is 4.80. The van der Waals surface area contributed by atoms with Crippen molar-refractivity contribution in [2.45, 2.75) is 32.2 Å². The minimum absolute atomic E-state index is 0.0266. The van der Waals surface area contributed by atoms with Gasteiger partial charge in [0.1, 0.15) is 5.82 Å². The summed E-state index contributed by atoms with van der Waals surface area (Å²) in [4.78, 5) is 15.8. The van der Waals surface area contributed by atoms with Crippen LogP contribution in [0.5, 0.6) is 0 Å². The molecule has 0 saturated heterocycles. The molecule has 24 heavy (non-hydrogen) atoms. The van der Waals surface area contributed by atoms with Crippen molar-refractivity contribution in [3.8, 4) is 0 Å². The topological polar surface area (TPSA) is 44.9 Å². The predicted molar refractivity (Wildman–Crippen MR) is 92.7 cm³/mol. The van der Waals surface area contributed by atoms with Crippen molar-refractivity contribution in [3.05, 3.63) is 70.7 Å². The number of aromatic amines is 1. The normalized spacial score (nSPS) is 16.8. The lowest BCUT2D eigenvalue weighted by Crippen LogP contribution is -2.39. The van der Waals surface area contributed by atoms with Crippen molar-refractivity contribution in [2.24, 2.45) is 0 Å². The van der Waals surface area contributed by atoms with Gasteiger partial charge in [0.2, 0.25) is 0 Å². The van der Waals surface area contributed by atoms with Crippen LogP contribution in [0.4, 0.5) is 4.39 Å². The lowest BCUT2D eigenvalue weighted by atomic mass is 9.91. The molecule has 0 bridgehead atoms. The summed E-state index contributed by atoms with van der Waals surface area (Å²) in [5.74, 6) is -0.818. The van der Waals surface area contributed by atoms with Gasteiger partial charge in [-0.1, -0.05) is 23.8 Å². The van der Waals surface area contributed by atoms with E-state index in [-0.39, 0.29) is 17.5 Å². The average Bonchev–Trinajstić information content (AvgIpc) is 2.92. The van der Waals surface area contributed by atoms with Crippen LogP contribution in [-0.4, -0.2) is 16.9 Å². The van der Waals surface area contributed by atoms with E-state index in [9.17, 15) is 9.18 Å². The van der Waals surface area contributed by atoms with Crippen LogP contribution < -0.4 is 5.32 Å². The van der Waals surface area contributed by atoms with Crippen molar-refractivity contribution in [3.63, 3.8) is 0 Å². The smallest absolute Gasteiger partial charge is 0.254 e. The van der Waals surface area contributed by atoms with Crippen molar-refractivity contribution >= 4 is 16.8 Å². The first-order valence-electron chi connectivity index (χ1n) is 8.27. The molecule has 3 aromatic rings. The van der Waals surface area contributed by atoms with Crippen LogP contribution >= 0.6 is 0 Å². The molecule has 1 amide bonds. The second-order valence-corrected chi connectivity index (χ2v) is 6.52. The summed E-state index contributed by atoms with van der Waals surface area (Å²) in [6.07, 6.45) is 2.54. The molecule has 1 heterocycles. The highest BCUT2D eigenvalue weighted by Gasteiger charge is 2.24. The number of hydrogen-bond acceptors (Lipinski definition) is 1. The fourth-order valence-electron chi connectivity index (χ4n) is 3.58. The van der Waals surface area contributed by atoms with Crippen molar-refractivity contribution < 1.29 is 9.18 Å². The molecule has 1 aromatic heterocycles. The number of aromatic nitrogens is 1. The van der Waals surface area contributed by atoms with Gasteiger partial charge in [-0.05, 0) is 49.6 Å². The Hall–Kier alpha value is -2.62. The Labute approximate surface area is 139 Å². The molecule has 0 aliphatic heterocycles. The number of H-pyrrole nitrogens is 1. The summed E-state index contributed by atoms with van der Waals surface area (Å²) in [6, 6.07) is 12.5. The lowest BCUT2D eigenvalue weighted by Gasteiger charge is -2.23. The third-order valence-corrected chi connectivity index (χ3v) is 4.80. The first kappa shape index (κ1) is 14.9. The van der Waals surface area contributed by atoms with Gasteiger partial charge in [0.05, 0.1) is 5.56 Å². The van der Waals surface area contributed by atoms with Gasteiger partial charge >= 0.3 is 0 Å². The summed E-state index contributed by atoms with van der Waals surface area (Å²) >= 11 is 0. The number of carbonyl (C=O) groups excluding carboxylic acids is 1. The second-order valence-electron chi connectivity index (χ2n) is 6.52. The molecule has 2 aromatic carbocycles. The Morgan fingerprint density at radius 2 is 2.08 bits per heavy atom. The number of carbonyl (C=O) groups is 1. The van der Waals surface area contributed by atoms with E-state index >= 15 is 0 Å². The van der Waals surface area contributed by atoms with E-state index in [1.54, 1.807) is 12.1 Å². The Morgan fingerprint density at radius 1 is 1.25 bits per heavy atom. The van der Waals surface area contributed by atoms with Crippen LogP contribution in [0.15, 0.2) is 42.5 Å². The van der Waals surface area contributed by atoms with Gasteiger partial charge in [-0.2, -0.15) is 0 Å². The van der Waals surface area contributed by atoms with Crippen molar-refractivity contribution in [1.29, 1.82) is 0 Å². The van der Waals surface area contributed by atoms with Gasteiger partial charge in [-0.25, -0.2) is 4.39 Å². The zero-order chi connectivity index (χ0) is 16.7. The molecule has 0 fully saturated rings.